The summed E-state index contributed by atoms with van der Waals surface area (Å²) in [5, 5.41) is 1.27. The number of para-hydroxylation sites is 1. The SMILES string of the molecule is CSc1c(C(C)C)nc2ccccc2c1SC. The molecular formula is C14H17NS2. The van der Waals surface area contributed by atoms with Gasteiger partial charge in [-0.05, 0) is 24.5 Å². The average Bonchev–Trinajstić information content (AvgIpc) is 2.36. The van der Waals surface area contributed by atoms with E-state index < -0.39 is 0 Å². The maximum absolute atomic E-state index is 4.82. The molecule has 0 aliphatic rings. The van der Waals surface area contributed by atoms with Gasteiger partial charge in [-0.2, -0.15) is 0 Å². The zero-order valence-corrected chi connectivity index (χ0v) is 12.3. The van der Waals surface area contributed by atoms with Crippen LogP contribution in [0.5, 0.6) is 0 Å². The van der Waals surface area contributed by atoms with Crippen molar-refractivity contribution in [1.82, 2.24) is 4.98 Å². The third kappa shape index (κ3) is 2.31. The summed E-state index contributed by atoms with van der Waals surface area (Å²) < 4.78 is 0. The summed E-state index contributed by atoms with van der Waals surface area (Å²) in [6.07, 6.45) is 4.28. The molecule has 2 rings (SSSR count). The van der Waals surface area contributed by atoms with Crippen molar-refractivity contribution in [2.24, 2.45) is 0 Å². The lowest BCUT2D eigenvalue weighted by Crippen LogP contribution is -1.98. The second-order valence-corrected chi connectivity index (χ2v) is 5.87. The van der Waals surface area contributed by atoms with Crippen LogP contribution < -0.4 is 0 Å². The lowest BCUT2D eigenvalue weighted by atomic mass is 10.1. The van der Waals surface area contributed by atoms with E-state index in [1.807, 2.05) is 11.8 Å². The summed E-state index contributed by atoms with van der Waals surface area (Å²) >= 11 is 3.63. The van der Waals surface area contributed by atoms with Crippen LogP contribution >= 0.6 is 23.5 Å². The maximum Gasteiger partial charge on any atom is 0.0717 e. The number of benzene rings is 1. The summed E-state index contributed by atoms with van der Waals surface area (Å²) in [5.41, 5.74) is 2.33. The Kier molecular flexibility index (Phi) is 4.00. The van der Waals surface area contributed by atoms with Crippen LogP contribution in [0.3, 0.4) is 0 Å². The zero-order valence-electron chi connectivity index (χ0n) is 10.7. The Hall–Kier alpha value is -0.670. The average molecular weight is 263 g/mol. The molecule has 3 heteroatoms. The van der Waals surface area contributed by atoms with Crippen LogP contribution in [-0.4, -0.2) is 17.5 Å². The van der Waals surface area contributed by atoms with Crippen LogP contribution in [0.15, 0.2) is 34.1 Å². The highest BCUT2D eigenvalue weighted by molar-refractivity contribution is 8.01. The number of nitrogens with zero attached hydrogens (tertiary/aromatic N) is 1. The van der Waals surface area contributed by atoms with E-state index in [1.54, 1.807) is 11.8 Å². The monoisotopic (exact) mass is 263 g/mol. The Balaban J connectivity index is 2.83. The van der Waals surface area contributed by atoms with Gasteiger partial charge >= 0.3 is 0 Å². The van der Waals surface area contributed by atoms with Crippen LogP contribution in [-0.2, 0) is 0 Å². The van der Waals surface area contributed by atoms with Crippen LogP contribution in [0.25, 0.3) is 10.9 Å². The minimum absolute atomic E-state index is 0.466. The highest BCUT2D eigenvalue weighted by Gasteiger charge is 2.15. The van der Waals surface area contributed by atoms with Crippen molar-refractivity contribution < 1.29 is 0 Å². The molecule has 0 spiro atoms. The highest BCUT2D eigenvalue weighted by atomic mass is 32.2. The predicted octanol–water partition coefficient (Wildman–Crippen LogP) is 4.80. The minimum atomic E-state index is 0.466. The number of fused-ring (bicyclic) bond motifs is 1. The van der Waals surface area contributed by atoms with E-state index in [2.05, 4.69) is 50.6 Å². The summed E-state index contributed by atoms with van der Waals surface area (Å²) in [6, 6.07) is 8.41. The third-order valence-electron chi connectivity index (χ3n) is 2.78. The molecule has 0 aliphatic carbocycles. The van der Waals surface area contributed by atoms with Crippen LogP contribution in [0.1, 0.15) is 25.5 Å². The predicted molar refractivity (Wildman–Crippen MR) is 79.4 cm³/mol. The first-order chi connectivity index (χ1) is 8.19. The summed E-state index contributed by atoms with van der Waals surface area (Å²) in [7, 11) is 0. The number of pyridine rings is 1. The molecule has 0 N–H and O–H groups in total. The van der Waals surface area contributed by atoms with Gasteiger partial charge in [0.15, 0.2) is 0 Å². The van der Waals surface area contributed by atoms with E-state index in [4.69, 9.17) is 4.98 Å². The van der Waals surface area contributed by atoms with Gasteiger partial charge in [0.25, 0.3) is 0 Å². The molecule has 0 aliphatic heterocycles. The largest absolute Gasteiger partial charge is 0.251 e. The fourth-order valence-corrected chi connectivity index (χ4v) is 3.94. The molecule has 1 nitrogen and oxygen atoms in total. The van der Waals surface area contributed by atoms with E-state index in [-0.39, 0.29) is 0 Å². The molecule has 0 unspecified atom stereocenters. The molecule has 1 aromatic carbocycles. The second-order valence-electron chi connectivity index (χ2n) is 4.24. The number of aromatic nitrogens is 1. The zero-order chi connectivity index (χ0) is 12.4. The number of rotatable bonds is 3. The van der Waals surface area contributed by atoms with E-state index in [0.717, 1.165) is 5.52 Å². The molecule has 1 heterocycles. The molecule has 2 aromatic rings. The molecule has 0 fully saturated rings. The number of hydrogen-bond donors (Lipinski definition) is 0. The van der Waals surface area contributed by atoms with Gasteiger partial charge in [0.1, 0.15) is 0 Å². The standard InChI is InChI=1S/C14H17NS2/c1-9(2)12-14(17-4)13(16-3)10-7-5-6-8-11(10)15-12/h5-9H,1-4H3. The Labute approximate surface area is 111 Å². The van der Waals surface area contributed by atoms with Gasteiger partial charge in [-0.15, -0.1) is 23.5 Å². The Morgan fingerprint density at radius 3 is 2.24 bits per heavy atom. The number of thioether (sulfide) groups is 2. The van der Waals surface area contributed by atoms with E-state index >= 15 is 0 Å². The molecule has 0 radical (unpaired) electrons. The molecule has 0 bridgehead atoms. The van der Waals surface area contributed by atoms with Crippen molar-refractivity contribution >= 4 is 34.4 Å². The van der Waals surface area contributed by atoms with Gasteiger partial charge in [-0.3, -0.25) is 4.98 Å². The van der Waals surface area contributed by atoms with Gasteiger partial charge < -0.3 is 0 Å². The van der Waals surface area contributed by atoms with Gasteiger partial charge in [0.2, 0.25) is 0 Å². The lowest BCUT2D eigenvalue weighted by Gasteiger charge is -2.16. The summed E-state index contributed by atoms with van der Waals surface area (Å²) in [5.74, 6) is 0.466. The molecular weight excluding hydrogens is 246 g/mol. The third-order valence-corrected chi connectivity index (χ3v) is 4.57. The van der Waals surface area contributed by atoms with E-state index in [9.17, 15) is 0 Å². The molecule has 0 atom stereocenters. The molecule has 1 aromatic heterocycles. The minimum Gasteiger partial charge on any atom is -0.251 e. The van der Waals surface area contributed by atoms with Crippen molar-refractivity contribution in [3.63, 3.8) is 0 Å². The van der Waals surface area contributed by atoms with Crippen LogP contribution in [0.2, 0.25) is 0 Å². The fourth-order valence-electron chi connectivity index (χ4n) is 1.97. The van der Waals surface area contributed by atoms with Crippen molar-refractivity contribution in [3.05, 3.63) is 30.0 Å². The Morgan fingerprint density at radius 1 is 1.00 bits per heavy atom. The first kappa shape index (κ1) is 12.8. The van der Waals surface area contributed by atoms with Gasteiger partial charge in [-0.1, -0.05) is 32.0 Å². The molecule has 90 valence electrons. The van der Waals surface area contributed by atoms with Gasteiger partial charge in [0.05, 0.1) is 11.2 Å². The first-order valence-electron chi connectivity index (χ1n) is 5.69. The first-order valence-corrected chi connectivity index (χ1v) is 8.14. The molecule has 0 amide bonds. The fraction of sp³-hybridized carbons (Fsp3) is 0.357. The Bertz CT molecular complexity index is 535. The number of hydrogen-bond acceptors (Lipinski definition) is 3. The lowest BCUT2D eigenvalue weighted by molar-refractivity contribution is 0.793. The van der Waals surface area contributed by atoms with Crippen molar-refractivity contribution in [3.8, 4) is 0 Å². The molecule has 0 saturated heterocycles. The molecule has 17 heavy (non-hydrogen) atoms. The van der Waals surface area contributed by atoms with E-state index in [0.29, 0.717) is 5.92 Å². The summed E-state index contributed by atoms with van der Waals surface area (Å²) in [4.78, 5) is 7.53. The van der Waals surface area contributed by atoms with Gasteiger partial charge in [-0.25, -0.2) is 0 Å². The Morgan fingerprint density at radius 2 is 1.65 bits per heavy atom. The second kappa shape index (κ2) is 5.32. The van der Waals surface area contributed by atoms with Crippen molar-refractivity contribution in [1.29, 1.82) is 0 Å². The van der Waals surface area contributed by atoms with Crippen LogP contribution in [0.4, 0.5) is 0 Å². The van der Waals surface area contributed by atoms with Crippen molar-refractivity contribution in [2.75, 3.05) is 12.5 Å². The normalized spacial score (nSPS) is 11.4. The highest BCUT2D eigenvalue weighted by Crippen LogP contribution is 2.38. The van der Waals surface area contributed by atoms with Crippen LogP contribution in [0, 0.1) is 0 Å². The maximum atomic E-state index is 4.82. The topological polar surface area (TPSA) is 12.9 Å². The van der Waals surface area contributed by atoms with Gasteiger partial charge in [0, 0.05) is 15.2 Å². The smallest absolute Gasteiger partial charge is 0.0717 e. The summed E-state index contributed by atoms with van der Waals surface area (Å²) in [6.45, 7) is 4.42. The van der Waals surface area contributed by atoms with Crippen molar-refractivity contribution in [2.45, 2.75) is 29.6 Å². The molecule has 0 saturated carbocycles. The van der Waals surface area contributed by atoms with E-state index in [1.165, 1.54) is 20.9 Å². The quantitative estimate of drug-likeness (QED) is 0.738.